The molecular weight excluding hydrogens is 337 g/mol. The lowest BCUT2D eigenvalue weighted by Gasteiger charge is -2.17. The second-order valence-electron chi connectivity index (χ2n) is 5.25. The van der Waals surface area contributed by atoms with E-state index in [0.29, 0.717) is 23.8 Å². The summed E-state index contributed by atoms with van der Waals surface area (Å²) in [6, 6.07) is 15.8. The first-order valence-electron chi connectivity index (χ1n) is 7.62. The van der Waals surface area contributed by atoms with E-state index in [1.807, 2.05) is 36.2 Å². The molecule has 0 saturated heterocycles. The SMILES string of the molecule is CN(CCC#N)c1ccc(/C=N\NC(=S)Nc2ccc(F)cc2)cc1. The van der Waals surface area contributed by atoms with E-state index >= 15 is 0 Å². The quantitative estimate of drug-likeness (QED) is 0.472. The monoisotopic (exact) mass is 355 g/mol. The Bertz CT molecular complexity index is 766. The number of benzene rings is 2. The molecule has 128 valence electrons. The molecule has 5 nitrogen and oxygen atoms in total. The molecule has 2 aromatic rings. The molecule has 25 heavy (non-hydrogen) atoms. The van der Waals surface area contributed by atoms with Crippen molar-refractivity contribution in [2.24, 2.45) is 5.10 Å². The van der Waals surface area contributed by atoms with Crippen molar-refractivity contribution in [3.8, 4) is 6.07 Å². The van der Waals surface area contributed by atoms with E-state index in [-0.39, 0.29) is 5.82 Å². The molecule has 0 radical (unpaired) electrons. The van der Waals surface area contributed by atoms with E-state index in [1.54, 1.807) is 18.3 Å². The van der Waals surface area contributed by atoms with Crippen LogP contribution >= 0.6 is 12.2 Å². The standard InChI is InChI=1S/C18H18FN5S/c1-24(12-2-11-20)17-9-3-14(4-10-17)13-21-23-18(25)22-16-7-5-15(19)6-8-16/h3-10,13H,2,12H2,1H3,(H2,22,23,25)/b21-13-. The maximum Gasteiger partial charge on any atom is 0.191 e. The predicted molar refractivity (Wildman–Crippen MR) is 103 cm³/mol. The lowest BCUT2D eigenvalue weighted by molar-refractivity contribution is 0.628. The van der Waals surface area contributed by atoms with Crippen LogP contribution in [0.3, 0.4) is 0 Å². The Labute approximate surface area is 151 Å². The summed E-state index contributed by atoms with van der Waals surface area (Å²) < 4.78 is 12.8. The zero-order valence-corrected chi connectivity index (χ0v) is 14.6. The summed E-state index contributed by atoms with van der Waals surface area (Å²) in [5.41, 5.74) is 5.34. The maximum atomic E-state index is 12.8. The zero-order chi connectivity index (χ0) is 18.1. The van der Waals surface area contributed by atoms with Crippen LogP contribution in [-0.4, -0.2) is 24.9 Å². The van der Waals surface area contributed by atoms with E-state index in [0.717, 1.165) is 11.3 Å². The zero-order valence-electron chi connectivity index (χ0n) is 13.7. The molecule has 0 atom stereocenters. The highest BCUT2D eigenvalue weighted by atomic mass is 32.1. The first-order valence-corrected chi connectivity index (χ1v) is 8.03. The molecule has 0 heterocycles. The third-order valence-electron chi connectivity index (χ3n) is 3.37. The molecule has 0 saturated carbocycles. The van der Waals surface area contributed by atoms with E-state index in [4.69, 9.17) is 17.5 Å². The first-order chi connectivity index (χ1) is 12.1. The largest absolute Gasteiger partial charge is 0.374 e. The van der Waals surface area contributed by atoms with Crippen molar-refractivity contribution in [3.63, 3.8) is 0 Å². The van der Waals surface area contributed by atoms with Gasteiger partial charge in [-0.3, -0.25) is 5.43 Å². The minimum Gasteiger partial charge on any atom is -0.374 e. The molecule has 2 rings (SSSR count). The Morgan fingerprint density at radius 1 is 1.24 bits per heavy atom. The summed E-state index contributed by atoms with van der Waals surface area (Å²) in [5.74, 6) is -0.302. The van der Waals surface area contributed by atoms with Gasteiger partial charge in [-0.05, 0) is 54.2 Å². The average Bonchev–Trinajstić information content (AvgIpc) is 2.62. The van der Waals surface area contributed by atoms with Crippen LogP contribution in [0.2, 0.25) is 0 Å². The van der Waals surface area contributed by atoms with Crippen molar-refractivity contribution < 1.29 is 4.39 Å². The van der Waals surface area contributed by atoms with Gasteiger partial charge in [-0.25, -0.2) is 4.39 Å². The summed E-state index contributed by atoms with van der Waals surface area (Å²) in [6.07, 6.45) is 2.14. The lowest BCUT2D eigenvalue weighted by Crippen LogP contribution is -2.23. The Hall–Kier alpha value is -2.98. The highest BCUT2D eigenvalue weighted by Gasteiger charge is 2.00. The molecule has 0 aromatic heterocycles. The van der Waals surface area contributed by atoms with E-state index in [1.165, 1.54) is 12.1 Å². The third kappa shape index (κ3) is 6.20. The number of nitrogens with zero attached hydrogens (tertiary/aromatic N) is 3. The average molecular weight is 355 g/mol. The molecule has 7 heteroatoms. The summed E-state index contributed by atoms with van der Waals surface area (Å²) in [7, 11) is 1.95. The van der Waals surface area contributed by atoms with Crippen molar-refractivity contribution in [3.05, 3.63) is 59.9 Å². The van der Waals surface area contributed by atoms with Gasteiger partial charge >= 0.3 is 0 Å². The molecule has 0 amide bonds. The van der Waals surface area contributed by atoms with E-state index in [2.05, 4.69) is 21.9 Å². The van der Waals surface area contributed by atoms with Crippen molar-refractivity contribution >= 4 is 34.9 Å². The van der Waals surface area contributed by atoms with Crippen LogP contribution in [0.5, 0.6) is 0 Å². The van der Waals surface area contributed by atoms with Crippen molar-refractivity contribution in [2.45, 2.75) is 6.42 Å². The maximum absolute atomic E-state index is 12.8. The number of nitriles is 1. The van der Waals surface area contributed by atoms with Gasteiger partial charge in [0.25, 0.3) is 0 Å². The Morgan fingerprint density at radius 2 is 1.92 bits per heavy atom. The normalized spacial score (nSPS) is 10.3. The smallest absolute Gasteiger partial charge is 0.191 e. The molecular formula is C18H18FN5S. The van der Waals surface area contributed by atoms with Crippen LogP contribution in [0.4, 0.5) is 15.8 Å². The highest BCUT2D eigenvalue weighted by Crippen LogP contribution is 2.13. The number of hydrogen-bond donors (Lipinski definition) is 2. The molecule has 0 spiro atoms. The van der Waals surface area contributed by atoms with E-state index < -0.39 is 0 Å². The number of rotatable bonds is 6. The highest BCUT2D eigenvalue weighted by molar-refractivity contribution is 7.80. The second-order valence-corrected chi connectivity index (χ2v) is 5.66. The van der Waals surface area contributed by atoms with Crippen molar-refractivity contribution in [1.82, 2.24) is 5.43 Å². The first kappa shape index (κ1) is 18.4. The minimum absolute atomic E-state index is 0.302. The van der Waals surface area contributed by atoms with Gasteiger partial charge in [0.05, 0.1) is 18.7 Å². The molecule has 0 aliphatic rings. The molecule has 0 bridgehead atoms. The summed E-state index contributed by atoms with van der Waals surface area (Å²) in [6.45, 7) is 0.689. The predicted octanol–water partition coefficient (Wildman–Crippen LogP) is 3.50. The van der Waals surface area contributed by atoms with Gasteiger partial charge in [0.15, 0.2) is 5.11 Å². The number of thiocarbonyl (C=S) groups is 1. The fourth-order valence-electron chi connectivity index (χ4n) is 2.02. The van der Waals surface area contributed by atoms with E-state index in [9.17, 15) is 4.39 Å². The number of anilines is 2. The molecule has 0 aliphatic heterocycles. The van der Waals surface area contributed by atoms with Gasteiger partial charge in [0.2, 0.25) is 0 Å². The van der Waals surface area contributed by atoms with Crippen LogP contribution in [0.25, 0.3) is 0 Å². The van der Waals surface area contributed by atoms with Crippen LogP contribution in [0.15, 0.2) is 53.6 Å². The Morgan fingerprint density at radius 3 is 2.56 bits per heavy atom. The van der Waals surface area contributed by atoms with Gasteiger partial charge in [-0.15, -0.1) is 0 Å². The van der Waals surface area contributed by atoms with Gasteiger partial charge in [-0.1, -0.05) is 12.1 Å². The fraction of sp³-hybridized carbons (Fsp3) is 0.167. The second kappa shape index (κ2) is 9.35. The van der Waals surface area contributed by atoms with Crippen LogP contribution in [0.1, 0.15) is 12.0 Å². The molecule has 2 aromatic carbocycles. The van der Waals surface area contributed by atoms with Gasteiger partial charge in [0.1, 0.15) is 5.82 Å². The van der Waals surface area contributed by atoms with Gasteiger partial charge < -0.3 is 10.2 Å². The van der Waals surface area contributed by atoms with Crippen molar-refractivity contribution in [2.75, 3.05) is 23.8 Å². The number of nitrogens with one attached hydrogen (secondary N) is 2. The Kier molecular flexibility index (Phi) is 6.87. The molecule has 0 aliphatic carbocycles. The number of halogens is 1. The van der Waals surface area contributed by atoms with Gasteiger partial charge in [0, 0.05) is 25.0 Å². The lowest BCUT2D eigenvalue weighted by atomic mass is 10.2. The molecule has 0 unspecified atom stereocenters. The van der Waals surface area contributed by atoms with Crippen LogP contribution < -0.4 is 15.6 Å². The molecule has 0 fully saturated rings. The number of hydrogen-bond acceptors (Lipinski definition) is 4. The topological polar surface area (TPSA) is 63.5 Å². The third-order valence-corrected chi connectivity index (χ3v) is 3.57. The molecule has 2 N–H and O–H groups in total. The summed E-state index contributed by atoms with van der Waals surface area (Å²) in [5, 5.41) is 15.9. The Balaban J connectivity index is 1.84. The van der Waals surface area contributed by atoms with Crippen molar-refractivity contribution in [1.29, 1.82) is 5.26 Å². The van der Waals surface area contributed by atoms with Crippen LogP contribution in [0, 0.1) is 17.1 Å². The minimum atomic E-state index is -0.302. The summed E-state index contributed by atoms with van der Waals surface area (Å²) in [4.78, 5) is 2.02. The number of hydrazone groups is 1. The summed E-state index contributed by atoms with van der Waals surface area (Å²) >= 11 is 5.12. The van der Waals surface area contributed by atoms with Crippen LogP contribution in [-0.2, 0) is 0 Å². The van der Waals surface area contributed by atoms with Gasteiger partial charge in [-0.2, -0.15) is 10.4 Å². The fourth-order valence-corrected chi connectivity index (χ4v) is 2.19.